The van der Waals surface area contributed by atoms with Crippen LogP contribution in [0.4, 0.5) is 5.69 Å². The van der Waals surface area contributed by atoms with Gasteiger partial charge in [0.05, 0.1) is 7.11 Å². The minimum atomic E-state index is -0.259. The van der Waals surface area contributed by atoms with Crippen LogP contribution in [0.2, 0.25) is 0 Å². The minimum absolute atomic E-state index is 0.00561. The number of carbonyl (C=O) groups excluding carboxylic acids is 2. The monoisotopic (exact) mass is 356 g/mol. The first-order valence-corrected chi connectivity index (χ1v) is 8.38. The van der Waals surface area contributed by atoms with Gasteiger partial charge in [0.2, 0.25) is 5.91 Å². The van der Waals surface area contributed by atoms with Crippen molar-refractivity contribution in [2.75, 3.05) is 26.1 Å². The number of carbonyl (C=O) groups is 2. The molecule has 0 heterocycles. The molecule has 2 N–H and O–H groups in total. The van der Waals surface area contributed by atoms with Crippen molar-refractivity contribution in [1.82, 2.24) is 5.32 Å². The first-order chi connectivity index (χ1) is 12.5. The molecule has 2 amide bonds. The summed E-state index contributed by atoms with van der Waals surface area (Å²) >= 11 is 0. The third kappa shape index (κ3) is 5.81. The first-order valence-electron chi connectivity index (χ1n) is 8.38. The molecule has 0 fully saturated rings. The number of benzene rings is 2. The van der Waals surface area contributed by atoms with E-state index in [9.17, 15) is 9.59 Å². The second-order valence-corrected chi connectivity index (χ2v) is 5.86. The lowest BCUT2D eigenvalue weighted by Crippen LogP contribution is -2.20. The van der Waals surface area contributed by atoms with Crippen LogP contribution in [0.5, 0.6) is 11.5 Å². The number of rotatable bonds is 8. The summed E-state index contributed by atoms with van der Waals surface area (Å²) < 4.78 is 10.8. The second-order valence-electron chi connectivity index (χ2n) is 5.86. The minimum Gasteiger partial charge on any atom is -0.493 e. The highest BCUT2D eigenvalue weighted by Gasteiger charge is 2.08. The van der Waals surface area contributed by atoms with E-state index < -0.39 is 0 Å². The lowest BCUT2D eigenvalue weighted by atomic mass is 10.1. The average molecular weight is 356 g/mol. The summed E-state index contributed by atoms with van der Waals surface area (Å²) in [4.78, 5) is 23.3. The van der Waals surface area contributed by atoms with Gasteiger partial charge in [-0.15, -0.1) is 0 Å². The van der Waals surface area contributed by atoms with Gasteiger partial charge in [0.15, 0.2) is 18.1 Å². The Bertz CT molecular complexity index is 757. The van der Waals surface area contributed by atoms with Crippen molar-refractivity contribution in [2.24, 2.45) is 0 Å². The first kappa shape index (κ1) is 19.3. The molecule has 0 aromatic heterocycles. The highest BCUT2D eigenvalue weighted by atomic mass is 16.5. The van der Waals surface area contributed by atoms with Gasteiger partial charge >= 0.3 is 0 Å². The molecule has 0 aliphatic rings. The normalized spacial score (nSPS) is 10.1. The van der Waals surface area contributed by atoms with Gasteiger partial charge in [0, 0.05) is 19.2 Å². The highest BCUT2D eigenvalue weighted by molar-refractivity contribution is 5.91. The highest BCUT2D eigenvalue weighted by Crippen LogP contribution is 2.27. The fourth-order valence-electron chi connectivity index (χ4n) is 2.37. The Morgan fingerprint density at radius 1 is 1.00 bits per heavy atom. The smallest absolute Gasteiger partial charge is 0.262 e. The van der Waals surface area contributed by atoms with E-state index in [1.54, 1.807) is 20.2 Å². The molecular formula is C20H24N2O4. The Labute approximate surface area is 153 Å². The maximum Gasteiger partial charge on any atom is 0.262 e. The predicted octanol–water partition coefficient (Wildman–Crippen LogP) is 2.70. The summed E-state index contributed by atoms with van der Waals surface area (Å²) in [5.41, 5.74) is 2.76. The maximum absolute atomic E-state index is 12.1. The molecule has 0 atom stereocenters. The molecule has 0 bridgehead atoms. The van der Waals surface area contributed by atoms with Crippen LogP contribution in [-0.2, 0) is 16.0 Å². The summed E-state index contributed by atoms with van der Waals surface area (Å²) in [6.07, 6.45) is 1.10. The van der Waals surface area contributed by atoms with Crippen molar-refractivity contribution in [1.29, 1.82) is 0 Å². The Morgan fingerprint density at radius 3 is 2.38 bits per heavy atom. The van der Waals surface area contributed by atoms with E-state index in [0.29, 0.717) is 30.0 Å². The molecule has 0 saturated heterocycles. The largest absolute Gasteiger partial charge is 0.493 e. The molecule has 0 radical (unpaired) electrons. The standard InChI is InChI=1S/C20H24N2O4/c1-14-4-10-17(18(12-14)25-3)26-13-20(24)22-16-8-5-15(6-9-16)7-11-19(23)21-2/h4-6,8-10,12H,7,11,13H2,1-3H3,(H,21,23)(H,22,24). The van der Waals surface area contributed by atoms with Gasteiger partial charge in [0.1, 0.15) is 0 Å². The van der Waals surface area contributed by atoms with Crippen LogP contribution in [-0.4, -0.2) is 32.6 Å². The van der Waals surface area contributed by atoms with E-state index in [1.165, 1.54) is 0 Å². The van der Waals surface area contributed by atoms with E-state index in [2.05, 4.69) is 10.6 Å². The van der Waals surface area contributed by atoms with Crippen molar-refractivity contribution >= 4 is 17.5 Å². The summed E-state index contributed by atoms with van der Waals surface area (Å²) in [6.45, 7) is 1.84. The summed E-state index contributed by atoms with van der Waals surface area (Å²) in [5, 5.41) is 5.37. The van der Waals surface area contributed by atoms with Crippen LogP contribution in [0.25, 0.3) is 0 Å². The van der Waals surface area contributed by atoms with Crippen LogP contribution in [0.3, 0.4) is 0 Å². The van der Waals surface area contributed by atoms with Crippen LogP contribution >= 0.6 is 0 Å². The molecular weight excluding hydrogens is 332 g/mol. The lowest BCUT2D eigenvalue weighted by molar-refractivity contribution is -0.120. The number of amides is 2. The number of nitrogens with one attached hydrogen (secondary N) is 2. The number of methoxy groups -OCH3 is 1. The predicted molar refractivity (Wildman–Crippen MR) is 101 cm³/mol. The second kappa shape index (κ2) is 9.46. The molecule has 138 valence electrons. The number of ether oxygens (including phenoxy) is 2. The van der Waals surface area contributed by atoms with E-state index in [4.69, 9.17) is 9.47 Å². The quantitative estimate of drug-likeness (QED) is 0.762. The maximum atomic E-state index is 12.1. The van der Waals surface area contributed by atoms with Gasteiger partial charge < -0.3 is 20.1 Å². The van der Waals surface area contributed by atoms with Gasteiger partial charge in [-0.05, 0) is 48.7 Å². The Balaban J connectivity index is 1.85. The van der Waals surface area contributed by atoms with Gasteiger partial charge in [-0.25, -0.2) is 0 Å². The molecule has 0 saturated carbocycles. The molecule has 0 unspecified atom stereocenters. The Morgan fingerprint density at radius 2 is 1.73 bits per heavy atom. The lowest BCUT2D eigenvalue weighted by Gasteiger charge is -2.11. The molecule has 6 nitrogen and oxygen atoms in total. The molecule has 0 aliphatic heterocycles. The number of aryl methyl sites for hydroxylation is 2. The molecule has 2 aromatic carbocycles. The van der Waals surface area contributed by atoms with Gasteiger partial charge in [-0.3, -0.25) is 9.59 Å². The number of hydrogen-bond donors (Lipinski definition) is 2. The van der Waals surface area contributed by atoms with Crippen LogP contribution in [0.1, 0.15) is 17.5 Å². The third-order valence-corrected chi connectivity index (χ3v) is 3.84. The molecule has 0 aliphatic carbocycles. The van der Waals surface area contributed by atoms with Gasteiger partial charge in [-0.2, -0.15) is 0 Å². The van der Waals surface area contributed by atoms with Gasteiger partial charge in [0.25, 0.3) is 5.91 Å². The fourth-order valence-corrected chi connectivity index (χ4v) is 2.37. The van der Waals surface area contributed by atoms with E-state index in [-0.39, 0.29) is 18.4 Å². The topological polar surface area (TPSA) is 76.7 Å². The van der Waals surface area contributed by atoms with Crippen LogP contribution < -0.4 is 20.1 Å². The van der Waals surface area contributed by atoms with Crippen molar-refractivity contribution in [3.8, 4) is 11.5 Å². The number of hydrogen-bond acceptors (Lipinski definition) is 4. The van der Waals surface area contributed by atoms with Crippen molar-refractivity contribution in [3.05, 3.63) is 53.6 Å². The Kier molecular flexibility index (Phi) is 7.02. The zero-order chi connectivity index (χ0) is 18.9. The average Bonchev–Trinajstić information content (AvgIpc) is 2.66. The van der Waals surface area contributed by atoms with Crippen LogP contribution in [0, 0.1) is 6.92 Å². The fraction of sp³-hybridized carbons (Fsp3) is 0.300. The SMILES string of the molecule is CNC(=O)CCc1ccc(NC(=O)COc2ccc(C)cc2OC)cc1. The molecule has 26 heavy (non-hydrogen) atoms. The third-order valence-electron chi connectivity index (χ3n) is 3.84. The molecule has 2 aromatic rings. The van der Waals surface area contributed by atoms with Crippen molar-refractivity contribution in [3.63, 3.8) is 0 Å². The van der Waals surface area contributed by atoms with Gasteiger partial charge in [-0.1, -0.05) is 18.2 Å². The zero-order valence-corrected chi connectivity index (χ0v) is 15.3. The van der Waals surface area contributed by atoms with E-state index >= 15 is 0 Å². The van der Waals surface area contributed by atoms with Crippen molar-refractivity contribution in [2.45, 2.75) is 19.8 Å². The summed E-state index contributed by atoms with van der Waals surface area (Å²) in [6, 6.07) is 12.9. The Hall–Kier alpha value is -3.02. The van der Waals surface area contributed by atoms with E-state index in [0.717, 1.165) is 11.1 Å². The summed E-state index contributed by atoms with van der Waals surface area (Å²) in [7, 11) is 3.18. The molecule has 2 rings (SSSR count). The zero-order valence-electron chi connectivity index (χ0n) is 15.3. The number of anilines is 1. The molecule has 6 heteroatoms. The van der Waals surface area contributed by atoms with Crippen LogP contribution in [0.15, 0.2) is 42.5 Å². The van der Waals surface area contributed by atoms with E-state index in [1.807, 2.05) is 43.3 Å². The molecule has 0 spiro atoms. The van der Waals surface area contributed by atoms with Crippen molar-refractivity contribution < 1.29 is 19.1 Å². The summed E-state index contributed by atoms with van der Waals surface area (Å²) in [5.74, 6) is 0.868.